The Morgan fingerprint density at radius 3 is 2.04 bits per heavy atom. The van der Waals surface area contributed by atoms with Gasteiger partial charge in [0.2, 0.25) is 0 Å². The summed E-state index contributed by atoms with van der Waals surface area (Å²) in [5, 5.41) is 0. The third-order valence-corrected chi connectivity index (χ3v) is 3.15. The first-order valence-electron chi connectivity index (χ1n) is 7.52. The van der Waals surface area contributed by atoms with Gasteiger partial charge in [-0.3, -0.25) is 20.4 Å². The Bertz CT molecular complexity index is 792. The zero-order valence-electron chi connectivity index (χ0n) is 13.8. The summed E-state index contributed by atoms with van der Waals surface area (Å²) in [4.78, 5) is 23.8. The molecule has 0 spiro atoms. The van der Waals surface area contributed by atoms with Gasteiger partial charge < -0.3 is 9.47 Å². The fourth-order valence-corrected chi connectivity index (χ4v) is 1.87. The molecule has 0 radical (unpaired) electrons. The second-order valence-electron chi connectivity index (χ2n) is 5.23. The lowest BCUT2D eigenvalue weighted by Gasteiger charge is -2.15. The summed E-state index contributed by atoms with van der Waals surface area (Å²) in [7, 11) is 0. The number of halogens is 4. The van der Waals surface area contributed by atoms with Crippen LogP contribution in [-0.2, 0) is 4.79 Å². The molecule has 144 valence electrons. The first-order chi connectivity index (χ1) is 12.6. The second-order valence-corrected chi connectivity index (χ2v) is 5.23. The van der Waals surface area contributed by atoms with Crippen molar-refractivity contribution in [3.05, 3.63) is 59.9 Å². The van der Waals surface area contributed by atoms with Crippen molar-refractivity contribution in [2.45, 2.75) is 19.4 Å². The number of carbonyl (C=O) groups is 2. The molecular weight excluding hydrogens is 372 g/mol. The summed E-state index contributed by atoms with van der Waals surface area (Å²) >= 11 is 0. The largest absolute Gasteiger partial charge is 0.573 e. The highest BCUT2D eigenvalue weighted by atomic mass is 19.4. The third-order valence-electron chi connectivity index (χ3n) is 3.15. The minimum Gasteiger partial charge on any atom is -0.481 e. The van der Waals surface area contributed by atoms with Crippen LogP contribution in [0.4, 0.5) is 17.6 Å². The summed E-state index contributed by atoms with van der Waals surface area (Å²) in [5.41, 5.74) is 4.21. The Labute approximate surface area is 151 Å². The van der Waals surface area contributed by atoms with Crippen LogP contribution in [0.1, 0.15) is 17.3 Å². The number of hydrogen-bond donors (Lipinski definition) is 2. The molecule has 1 atom stereocenters. The Balaban J connectivity index is 1.85. The van der Waals surface area contributed by atoms with Gasteiger partial charge in [0.05, 0.1) is 0 Å². The first-order valence-corrected chi connectivity index (χ1v) is 7.52. The van der Waals surface area contributed by atoms with E-state index in [2.05, 4.69) is 15.6 Å². The predicted molar refractivity (Wildman–Crippen MR) is 85.2 cm³/mol. The summed E-state index contributed by atoms with van der Waals surface area (Å²) in [6.07, 6.45) is -5.84. The molecule has 2 aromatic rings. The number of alkyl halides is 3. The maximum absolute atomic E-state index is 12.8. The van der Waals surface area contributed by atoms with Crippen molar-refractivity contribution in [2.24, 2.45) is 0 Å². The Morgan fingerprint density at radius 2 is 1.48 bits per heavy atom. The fourth-order valence-electron chi connectivity index (χ4n) is 1.87. The predicted octanol–water partition coefficient (Wildman–Crippen LogP) is 2.95. The quantitative estimate of drug-likeness (QED) is 0.612. The van der Waals surface area contributed by atoms with Crippen LogP contribution in [0.3, 0.4) is 0 Å². The summed E-state index contributed by atoms with van der Waals surface area (Å²) in [5.74, 6) is -2.13. The minimum absolute atomic E-state index is 0.00284. The zero-order chi connectivity index (χ0) is 20.0. The van der Waals surface area contributed by atoms with Crippen LogP contribution in [0, 0.1) is 5.82 Å². The van der Waals surface area contributed by atoms with Gasteiger partial charge in [-0.15, -0.1) is 13.2 Å². The smallest absolute Gasteiger partial charge is 0.481 e. The highest BCUT2D eigenvalue weighted by Crippen LogP contribution is 2.22. The fraction of sp³-hybridized carbons (Fsp3) is 0.176. The molecule has 2 rings (SSSR count). The number of hydrogen-bond acceptors (Lipinski definition) is 4. The Kier molecular flexibility index (Phi) is 6.22. The average Bonchev–Trinajstić information content (AvgIpc) is 2.60. The van der Waals surface area contributed by atoms with Crippen LogP contribution < -0.4 is 20.3 Å². The molecule has 2 aromatic carbocycles. The zero-order valence-corrected chi connectivity index (χ0v) is 13.8. The van der Waals surface area contributed by atoms with Crippen LogP contribution >= 0.6 is 0 Å². The Morgan fingerprint density at radius 1 is 0.926 bits per heavy atom. The summed E-state index contributed by atoms with van der Waals surface area (Å²) in [6, 6.07) is 9.11. The molecule has 0 saturated heterocycles. The molecule has 0 aliphatic carbocycles. The topological polar surface area (TPSA) is 76.7 Å². The van der Waals surface area contributed by atoms with E-state index >= 15 is 0 Å². The van der Waals surface area contributed by atoms with Crippen molar-refractivity contribution in [1.82, 2.24) is 10.9 Å². The first kappa shape index (κ1) is 20.0. The molecule has 0 fully saturated rings. The number of hydrazine groups is 1. The van der Waals surface area contributed by atoms with Crippen LogP contribution in [0.2, 0.25) is 0 Å². The van der Waals surface area contributed by atoms with Crippen molar-refractivity contribution >= 4 is 11.8 Å². The Hall–Kier alpha value is -3.30. The van der Waals surface area contributed by atoms with E-state index in [0.717, 1.165) is 36.4 Å². The van der Waals surface area contributed by atoms with E-state index in [1.54, 1.807) is 0 Å². The monoisotopic (exact) mass is 386 g/mol. The van der Waals surface area contributed by atoms with E-state index in [1.807, 2.05) is 0 Å². The molecule has 0 saturated carbocycles. The number of amides is 2. The normalized spacial score (nSPS) is 12.0. The maximum atomic E-state index is 12.8. The van der Waals surface area contributed by atoms with E-state index < -0.39 is 35.8 Å². The molecule has 0 bridgehead atoms. The van der Waals surface area contributed by atoms with Gasteiger partial charge >= 0.3 is 6.36 Å². The van der Waals surface area contributed by atoms with Crippen molar-refractivity contribution in [3.63, 3.8) is 0 Å². The molecule has 10 heteroatoms. The van der Waals surface area contributed by atoms with E-state index in [-0.39, 0.29) is 11.3 Å². The van der Waals surface area contributed by atoms with Gasteiger partial charge in [0.25, 0.3) is 11.8 Å². The summed E-state index contributed by atoms with van der Waals surface area (Å²) in [6.45, 7) is 1.41. The number of rotatable bonds is 5. The maximum Gasteiger partial charge on any atom is 0.573 e. The van der Waals surface area contributed by atoms with Crippen molar-refractivity contribution in [2.75, 3.05) is 0 Å². The van der Waals surface area contributed by atoms with E-state index in [4.69, 9.17) is 4.74 Å². The standard InChI is InChI=1S/C17H14F4N2O4/c1-10(26-13-8-4-12(18)5-9-13)15(24)22-23-16(25)11-2-6-14(7-3-11)27-17(19,20)21/h2-10H,1H3,(H,22,24)(H,23,25)/t10-/m0/s1. The minimum atomic E-state index is -4.83. The van der Waals surface area contributed by atoms with Crippen molar-refractivity contribution in [1.29, 1.82) is 0 Å². The lowest BCUT2D eigenvalue weighted by molar-refractivity contribution is -0.274. The molecule has 2 amide bonds. The van der Waals surface area contributed by atoms with E-state index in [9.17, 15) is 27.2 Å². The molecule has 0 aliphatic rings. The number of ether oxygens (including phenoxy) is 2. The SMILES string of the molecule is C[C@H](Oc1ccc(F)cc1)C(=O)NNC(=O)c1ccc(OC(F)(F)F)cc1. The molecule has 27 heavy (non-hydrogen) atoms. The van der Waals surface area contributed by atoms with Crippen LogP contribution in [0.15, 0.2) is 48.5 Å². The number of benzene rings is 2. The van der Waals surface area contributed by atoms with Crippen LogP contribution in [0.25, 0.3) is 0 Å². The lowest BCUT2D eigenvalue weighted by Crippen LogP contribution is -2.47. The molecule has 0 heterocycles. The van der Waals surface area contributed by atoms with Gasteiger partial charge in [0.1, 0.15) is 17.3 Å². The molecule has 0 unspecified atom stereocenters. The number of carbonyl (C=O) groups excluding carboxylic acids is 2. The second kappa shape index (κ2) is 8.39. The van der Waals surface area contributed by atoms with Gasteiger partial charge in [0.15, 0.2) is 6.10 Å². The summed E-state index contributed by atoms with van der Waals surface area (Å²) < 4.78 is 58.0. The lowest BCUT2D eigenvalue weighted by atomic mass is 10.2. The van der Waals surface area contributed by atoms with Gasteiger partial charge in [-0.25, -0.2) is 4.39 Å². The van der Waals surface area contributed by atoms with Gasteiger partial charge in [-0.05, 0) is 55.5 Å². The van der Waals surface area contributed by atoms with Crippen LogP contribution in [-0.4, -0.2) is 24.3 Å². The van der Waals surface area contributed by atoms with Gasteiger partial charge in [-0.2, -0.15) is 0 Å². The molecule has 0 aromatic heterocycles. The highest BCUT2D eigenvalue weighted by molar-refractivity contribution is 5.95. The molecule has 6 nitrogen and oxygen atoms in total. The molecule has 0 aliphatic heterocycles. The third kappa shape index (κ3) is 6.49. The average molecular weight is 386 g/mol. The van der Waals surface area contributed by atoms with Gasteiger partial charge in [0, 0.05) is 5.56 Å². The van der Waals surface area contributed by atoms with E-state index in [1.165, 1.54) is 19.1 Å². The number of nitrogens with one attached hydrogen (secondary N) is 2. The van der Waals surface area contributed by atoms with Crippen LogP contribution in [0.5, 0.6) is 11.5 Å². The molecular formula is C17H14F4N2O4. The van der Waals surface area contributed by atoms with Crippen molar-refractivity contribution < 1.29 is 36.6 Å². The highest BCUT2D eigenvalue weighted by Gasteiger charge is 2.31. The molecule has 2 N–H and O–H groups in total. The van der Waals surface area contributed by atoms with Crippen molar-refractivity contribution in [3.8, 4) is 11.5 Å². The van der Waals surface area contributed by atoms with Gasteiger partial charge in [-0.1, -0.05) is 0 Å². The van der Waals surface area contributed by atoms with E-state index in [0.29, 0.717) is 0 Å².